The third kappa shape index (κ3) is 3.50. The number of hydrogen-bond donors (Lipinski definition) is 0. The molecule has 3 nitrogen and oxygen atoms in total. The first-order chi connectivity index (χ1) is 8.27. The summed E-state index contributed by atoms with van der Waals surface area (Å²) in [6.07, 6.45) is 12.4. The van der Waals surface area contributed by atoms with E-state index in [9.17, 15) is 0 Å². The molecule has 0 N–H and O–H groups in total. The average molecular weight is 233 g/mol. The molecule has 1 aromatic rings. The molecule has 0 amide bonds. The van der Waals surface area contributed by atoms with Gasteiger partial charge in [-0.3, -0.25) is 14.9 Å². The van der Waals surface area contributed by atoms with Gasteiger partial charge in [0.15, 0.2) is 0 Å². The van der Waals surface area contributed by atoms with E-state index in [0.717, 1.165) is 18.2 Å². The van der Waals surface area contributed by atoms with E-state index in [-0.39, 0.29) is 0 Å². The Labute approximate surface area is 104 Å². The van der Waals surface area contributed by atoms with E-state index in [1.54, 1.807) is 12.4 Å². The summed E-state index contributed by atoms with van der Waals surface area (Å²) in [5.74, 6) is 0.866. The lowest BCUT2D eigenvalue weighted by atomic mass is 9.84. The third-order valence-electron chi connectivity index (χ3n) is 4.06. The van der Waals surface area contributed by atoms with Crippen LogP contribution in [0.4, 0.5) is 0 Å². The van der Waals surface area contributed by atoms with Crippen molar-refractivity contribution in [2.45, 2.75) is 51.6 Å². The van der Waals surface area contributed by atoms with Crippen molar-refractivity contribution in [2.24, 2.45) is 5.92 Å². The molecule has 1 aromatic heterocycles. The molecule has 3 heteroatoms. The maximum atomic E-state index is 4.34. The van der Waals surface area contributed by atoms with Crippen molar-refractivity contribution in [3.63, 3.8) is 0 Å². The first-order valence-electron chi connectivity index (χ1n) is 6.72. The van der Waals surface area contributed by atoms with Gasteiger partial charge in [0.05, 0.1) is 5.69 Å². The highest BCUT2D eigenvalue weighted by Crippen LogP contribution is 2.28. The Morgan fingerprint density at radius 2 is 2.06 bits per heavy atom. The second-order valence-corrected chi connectivity index (χ2v) is 5.25. The van der Waals surface area contributed by atoms with E-state index < -0.39 is 0 Å². The van der Waals surface area contributed by atoms with Crippen molar-refractivity contribution in [3.8, 4) is 0 Å². The molecular formula is C14H23N3. The van der Waals surface area contributed by atoms with Crippen molar-refractivity contribution >= 4 is 0 Å². The lowest BCUT2D eigenvalue weighted by Crippen LogP contribution is -2.36. The van der Waals surface area contributed by atoms with Crippen molar-refractivity contribution < 1.29 is 0 Å². The maximum absolute atomic E-state index is 4.34. The molecule has 94 valence electrons. The number of aromatic nitrogens is 2. The molecule has 1 aliphatic rings. The Morgan fingerprint density at radius 1 is 1.29 bits per heavy atom. The van der Waals surface area contributed by atoms with Gasteiger partial charge in [-0.2, -0.15) is 0 Å². The van der Waals surface area contributed by atoms with Crippen molar-refractivity contribution in [1.29, 1.82) is 0 Å². The Morgan fingerprint density at radius 3 is 2.71 bits per heavy atom. The predicted octanol–water partition coefficient (Wildman–Crippen LogP) is 2.88. The summed E-state index contributed by atoms with van der Waals surface area (Å²) in [6.45, 7) is 3.26. The second-order valence-electron chi connectivity index (χ2n) is 5.25. The molecule has 1 saturated carbocycles. The fourth-order valence-electron chi connectivity index (χ4n) is 2.79. The molecule has 0 spiro atoms. The second kappa shape index (κ2) is 6.10. The van der Waals surface area contributed by atoms with Crippen LogP contribution < -0.4 is 0 Å². The molecule has 1 heterocycles. The highest BCUT2D eigenvalue weighted by molar-refractivity contribution is 4.95. The molecule has 0 radical (unpaired) electrons. The molecule has 0 unspecified atom stereocenters. The van der Waals surface area contributed by atoms with Gasteiger partial charge in [-0.05, 0) is 32.7 Å². The van der Waals surface area contributed by atoms with E-state index in [0.29, 0.717) is 6.04 Å². The van der Waals surface area contributed by atoms with Crippen molar-refractivity contribution in [3.05, 3.63) is 24.3 Å². The largest absolute Gasteiger partial charge is 0.298 e. The highest BCUT2D eigenvalue weighted by atomic mass is 15.1. The smallest absolute Gasteiger partial charge is 0.0726 e. The highest BCUT2D eigenvalue weighted by Gasteiger charge is 2.23. The first kappa shape index (κ1) is 12.5. The van der Waals surface area contributed by atoms with Crippen LogP contribution in [0.5, 0.6) is 0 Å². The summed E-state index contributed by atoms with van der Waals surface area (Å²) < 4.78 is 0. The Balaban J connectivity index is 1.88. The predicted molar refractivity (Wildman–Crippen MR) is 69.5 cm³/mol. The third-order valence-corrected chi connectivity index (χ3v) is 4.06. The van der Waals surface area contributed by atoms with E-state index >= 15 is 0 Å². The molecule has 0 bridgehead atoms. The normalized spacial score (nSPS) is 19.5. The Hall–Kier alpha value is -0.960. The molecule has 0 saturated heterocycles. The van der Waals surface area contributed by atoms with E-state index in [4.69, 9.17) is 0 Å². The van der Waals surface area contributed by atoms with Gasteiger partial charge in [0.2, 0.25) is 0 Å². The number of hydrogen-bond acceptors (Lipinski definition) is 3. The van der Waals surface area contributed by atoms with Crippen LogP contribution in [0.25, 0.3) is 0 Å². The van der Waals surface area contributed by atoms with Gasteiger partial charge in [-0.25, -0.2) is 0 Å². The van der Waals surface area contributed by atoms with Gasteiger partial charge in [-0.1, -0.05) is 19.3 Å². The fourth-order valence-corrected chi connectivity index (χ4v) is 2.79. The van der Waals surface area contributed by atoms with Crippen LogP contribution in [0.1, 0.15) is 44.7 Å². The van der Waals surface area contributed by atoms with Gasteiger partial charge in [0.25, 0.3) is 0 Å². The van der Waals surface area contributed by atoms with Gasteiger partial charge in [0, 0.05) is 31.2 Å². The quantitative estimate of drug-likeness (QED) is 0.800. The minimum absolute atomic E-state index is 0.650. The van der Waals surface area contributed by atoms with E-state index in [2.05, 4.69) is 28.8 Å². The minimum Gasteiger partial charge on any atom is -0.298 e. The van der Waals surface area contributed by atoms with Crippen LogP contribution in [-0.2, 0) is 6.54 Å². The average Bonchev–Trinajstić information content (AvgIpc) is 2.40. The standard InChI is InChI=1S/C14H23N3/c1-12(13-6-4-3-5-7-13)17(2)11-14-10-15-8-9-16-14/h8-10,12-13H,3-7,11H2,1-2H3/t12-/m1/s1. The summed E-state index contributed by atoms with van der Waals surface area (Å²) in [4.78, 5) is 10.9. The van der Waals surface area contributed by atoms with Crippen LogP contribution in [0.3, 0.4) is 0 Å². The van der Waals surface area contributed by atoms with Gasteiger partial charge >= 0.3 is 0 Å². The summed E-state index contributed by atoms with van der Waals surface area (Å²) >= 11 is 0. The summed E-state index contributed by atoms with van der Waals surface area (Å²) in [7, 11) is 2.20. The summed E-state index contributed by atoms with van der Waals surface area (Å²) in [6, 6.07) is 0.650. The zero-order valence-corrected chi connectivity index (χ0v) is 11.0. The molecule has 1 atom stereocenters. The molecule has 0 aromatic carbocycles. The van der Waals surface area contributed by atoms with Crippen LogP contribution in [0.2, 0.25) is 0 Å². The lowest BCUT2D eigenvalue weighted by Gasteiger charge is -2.34. The molecule has 1 fully saturated rings. The van der Waals surface area contributed by atoms with Crippen LogP contribution >= 0.6 is 0 Å². The zero-order valence-electron chi connectivity index (χ0n) is 11.0. The fraction of sp³-hybridized carbons (Fsp3) is 0.714. The summed E-state index contributed by atoms with van der Waals surface area (Å²) in [5, 5.41) is 0. The van der Waals surface area contributed by atoms with Crippen LogP contribution in [0, 0.1) is 5.92 Å². The SMILES string of the molecule is C[C@H](C1CCCCC1)N(C)Cc1cnccn1. The monoisotopic (exact) mass is 233 g/mol. The molecule has 2 rings (SSSR count). The topological polar surface area (TPSA) is 29.0 Å². The Kier molecular flexibility index (Phi) is 4.49. The first-order valence-corrected chi connectivity index (χ1v) is 6.72. The minimum atomic E-state index is 0.650. The number of rotatable bonds is 4. The summed E-state index contributed by atoms with van der Waals surface area (Å²) in [5.41, 5.74) is 1.07. The van der Waals surface area contributed by atoms with Crippen molar-refractivity contribution in [1.82, 2.24) is 14.9 Å². The maximum Gasteiger partial charge on any atom is 0.0726 e. The van der Waals surface area contributed by atoms with Crippen molar-refractivity contribution in [2.75, 3.05) is 7.05 Å². The zero-order chi connectivity index (χ0) is 12.1. The van der Waals surface area contributed by atoms with Gasteiger partial charge in [-0.15, -0.1) is 0 Å². The van der Waals surface area contributed by atoms with Crippen LogP contribution in [-0.4, -0.2) is 28.0 Å². The molecular weight excluding hydrogens is 210 g/mol. The molecule has 1 aliphatic carbocycles. The van der Waals surface area contributed by atoms with Gasteiger partial charge < -0.3 is 0 Å². The Bertz CT molecular complexity index is 319. The molecule has 17 heavy (non-hydrogen) atoms. The van der Waals surface area contributed by atoms with E-state index in [1.807, 2.05) is 6.20 Å². The molecule has 0 aliphatic heterocycles. The number of nitrogens with zero attached hydrogens (tertiary/aromatic N) is 3. The van der Waals surface area contributed by atoms with Gasteiger partial charge in [0.1, 0.15) is 0 Å². The lowest BCUT2D eigenvalue weighted by molar-refractivity contribution is 0.150. The van der Waals surface area contributed by atoms with E-state index in [1.165, 1.54) is 32.1 Å². The van der Waals surface area contributed by atoms with Crippen LogP contribution in [0.15, 0.2) is 18.6 Å².